The van der Waals surface area contributed by atoms with Crippen LogP contribution in [0.5, 0.6) is 0 Å². The van der Waals surface area contributed by atoms with Gasteiger partial charge in [-0.2, -0.15) is 0 Å². The molecule has 9 heteroatoms. The van der Waals surface area contributed by atoms with E-state index in [4.69, 9.17) is 4.74 Å². The quantitative estimate of drug-likeness (QED) is 0.325. The molecule has 1 amide bonds. The van der Waals surface area contributed by atoms with Crippen LogP contribution in [0, 0.1) is 6.92 Å². The monoisotopic (exact) mass is 442 g/mol. The largest absolute Gasteiger partial charge is 0.459 e. The van der Waals surface area contributed by atoms with Crippen LogP contribution in [0.4, 0.5) is 5.13 Å². The number of carbonyl (C=O) groups excluding carboxylic acids is 2. The molecule has 0 aliphatic rings. The van der Waals surface area contributed by atoms with E-state index >= 15 is 0 Å². The Balaban J connectivity index is 1.65. The summed E-state index contributed by atoms with van der Waals surface area (Å²) in [5, 5.41) is 3.42. The lowest BCUT2D eigenvalue weighted by Gasteiger charge is -2.10. The van der Waals surface area contributed by atoms with Gasteiger partial charge in [0.1, 0.15) is 16.2 Å². The first kappa shape index (κ1) is 21.9. The second-order valence-electron chi connectivity index (χ2n) is 6.74. The van der Waals surface area contributed by atoms with Crippen LogP contribution in [0.15, 0.2) is 47.8 Å². The fraction of sp³-hybridized carbons (Fsp3) is 0.286. The number of thiazole rings is 1. The highest BCUT2D eigenvalue weighted by atomic mass is 32.2. The number of ether oxygens (including phenoxy) is 1. The lowest BCUT2D eigenvalue weighted by molar-refractivity contribution is -0.115. The first-order valence-electron chi connectivity index (χ1n) is 9.37. The molecule has 2 heterocycles. The van der Waals surface area contributed by atoms with Crippen molar-refractivity contribution in [1.29, 1.82) is 0 Å². The number of hydrogen-bond acceptors (Lipinski definition) is 8. The molecule has 1 N–H and O–H groups in total. The third kappa shape index (κ3) is 5.64. The van der Waals surface area contributed by atoms with Gasteiger partial charge >= 0.3 is 5.97 Å². The molecular weight excluding hydrogens is 420 g/mol. The Bertz CT molecular complexity index is 1040. The van der Waals surface area contributed by atoms with E-state index in [1.165, 1.54) is 18.1 Å². The van der Waals surface area contributed by atoms with E-state index in [0.717, 1.165) is 22.6 Å². The maximum atomic E-state index is 12.6. The summed E-state index contributed by atoms with van der Waals surface area (Å²) in [6, 6.07) is 11.6. The Morgan fingerprint density at radius 1 is 1.13 bits per heavy atom. The minimum Gasteiger partial charge on any atom is -0.459 e. The number of thioether (sulfide) groups is 1. The highest BCUT2D eigenvalue weighted by molar-refractivity contribution is 8.00. The van der Waals surface area contributed by atoms with Crippen molar-refractivity contribution in [2.75, 3.05) is 5.32 Å². The van der Waals surface area contributed by atoms with Gasteiger partial charge in [0, 0.05) is 5.56 Å². The molecule has 156 valence electrons. The molecule has 0 aliphatic heterocycles. The van der Waals surface area contributed by atoms with Crippen LogP contribution in [-0.2, 0) is 9.53 Å². The number of hydrogen-bond donors (Lipinski definition) is 1. The van der Waals surface area contributed by atoms with Crippen LogP contribution in [0.25, 0.3) is 11.3 Å². The zero-order chi connectivity index (χ0) is 21.7. The first-order chi connectivity index (χ1) is 14.3. The van der Waals surface area contributed by atoms with Crippen molar-refractivity contribution in [3.63, 3.8) is 0 Å². The maximum Gasteiger partial charge on any atom is 0.350 e. The lowest BCUT2D eigenvalue weighted by Crippen LogP contribution is -2.22. The molecule has 0 radical (unpaired) electrons. The molecule has 0 saturated heterocycles. The number of esters is 1. The molecule has 1 aromatic carbocycles. The van der Waals surface area contributed by atoms with Gasteiger partial charge in [-0.05, 0) is 33.8 Å². The topological polar surface area (TPSA) is 94.1 Å². The summed E-state index contributed by atoms with van der Waals surface area (Å²) in [5.74, 6) is -0.658. The predicted octanol–water partition coefficient (Wildman–Crippen LogP) is 4.59. The molecule has 2 aromatic heterocycles. The van der Waals surface area contributed by atoms with Gasteiger partial charge < -0.3 is 10.1 Å². The number of anilines is 1. The summed E-state index contributed by atoms with van der Waals surface area (Å²) in [6.45, 7) is 7.07. The summed E-state index contributed by atoms with van der Waals surface area (Å²) in [5.41, 5.74) is 2.31. The molecule has 0 saturated carbocycles. The van der Waals surface area contributed by atoms with Crippen molar-refractivity contribution < 1.29 is 14.3 Å². The number of aromatic nitrogens is 3. The van der Waals surface area contributed by atoms with Crippen molar-refractivity contribution in [1.82, 2.24) is 15.0 Å². The molecule has 0 fully saturated rings. The lowest BCUT2D eigenvalue weighted by atomic mass is 10.1. The first-order valence-corrected chi connectivity index (χ1v) is 11.1. The second-order valence-corrected chi connectivity index (χ2v) is 9.10. The van der Waals surface area contributed by atoms with E-state index in [9.17, 15) is 9.59 Å². The standard InChI is InChI=1S/C21H22N4O3S2/c1-12(2)28-20(27)18-13(3)24-21(30-18)25-19(26)14(4)29-17-10-16(22-11-23-17)15-8-6-5-7-9-15/h5-12,14H,1-4H3,(H,24,25,26). The Morgan fingerprint density at radius 2 is 1.87 bits per heavy atom. The number of nitrogens with one attached hydrogen (secondary N) is 1. The average Bonchev–Trinajstić information content (AvgIpc) is 3.08. The van der Waals surface area contributed by atoms with Gasteiger partial charge in [-0.3, -0.25) is 4.79 Å². The number of benzene rings is 1. The van der Waals surface area contributed by atoms with Crippen LogP contribution in [0.1, 0.15) is 36.1 Å². The fourth-order valence-corrected chi connectivity index (χ4v) is 4.19. The Morgan fingerprint density at radius 3 is 2.57 bits per heavy atom. The van der Waals surface area contributed by atoms with E-state index < -0.39 is 11.2 Å². The van der Waals surface area contributed by atoms with Gasteiger partial charge in [-0.15, -0.1) is 0 Å². The highest BCUT2D eigenvalue weighted by Crippen LogP contribution is 2.28. The van der Waals surface area contributed by atoms with Crippen molar-refractivity contribution in [3.05, 3.63) is 53.3 Å². The second kappa shape index (κ2) is 9.82. The molecule has 30 heavy (non-hydrogen) atoms. The molecule has 7 nitrogen and oxygen atoms in total. The van der Waals surface area contributed by atoms with Gasteiger partial charge in [-0.1, -0.05) is 53.4 Å². The number of amides is 1. The van der Waals surface area contributed by atoms with Crippen LogP contribution in [0.3, 0.4) is 0 Å². The van der Waals surface area contributed by atoms with Crippen LogP contribution in [0.2, 0.25) is 0 Å². The highest BCUT2D eigenvalue weighted by Gasteiger charge is 2.21. The summed E-state index contributed by atoms with van der Waals surface area (Å²) >= 11 is 2.44. The Labute approximate surface area is 183 Å². The SMILES string of the molecule is Cc1nc(NC(=O)C(C)Sc2cc(-c3ccccc3)ncn2)sc1C(=O)OC(C)C. The molecule has 0 aliphatic carbocycles. The normalized spacial score (nSPS) is 11.9. The van der Waals surface area contributed by atoms with E-state index in [0.29, 0.717) is 20.7 Å². The zero-order valence-electron chi connectivity index (χ0n) is 17.1. The van der Waals surface area contributed by atoms with E-state index in [-0.39, 0.29) is 12.0 Å². The number of aryl methyl sites for hydroxylation is 1. The third-order valence-electron chi connectivity index (χ3n) is 3.93. The Hall–Kier alpha value is -2.78. The van der Waals surface area contributed by atoms with Gasteiger partial charge in [0.2, 0.25) is 5.91 Å². The molecule has 0 bridgehead atoms. The van der Waals surface area contributed by atoms with Crippen LogP contribution < -0.4 is 5.32 Å². The number of nitrogens with zero attached hydrogens (tertiary/aromatic N) is 3. The Kier molecular flexibility index (Phi) is 7.17. The minimum absolute atomic E-state index is 0.220. The van der Waals surface area contributed by atoms with Crippen molar-refractivity contribution >= 4 is 40.1 Å². The molecule has 3 rings (SSSR count). The smallest absolute Gasteiger partial charge is 0.350 e. The summed E-state index contributed by atoms with van der Waals surface area (Å²) in [4.78, 5) is 38.0. The van der Waals surface area contributed by atoms with Gasteiger partial charge in [0.15, 0.2) is 5.13 Å². The van der Waals surface area contributed by atoms with Crippen molar-refractivity contribution in [2.45, 2.75) is 44.1 Å². The summed E-state index contributed by atoms with van der Waals surface area (Å²) in [6.07, 6.45) is 1.27. The zero-order valence-corrected chi connectivity index (χ0v) is 18.7. The summed E-state index contributed by atoms with van der Waals surface area (Å²) < 4.78 is 5.21. The van der Waals surface area contributed by atoms with E-state index in [2.05, 4.69) is 20.3 Å². The fourth-order valence-electron chi connectivity index (χ4n) is 2.52. The third-order valence-corrected chi connectivity index (χ3v) is 6.02. The van der Waals surface area contributed by atoms with Gasteiger partial charge in [-0.25, -0.2) is 19.7 Å². The van der Waals surface area contributed by atoms with E-state index in [1.54, 1.807) is 27.7 Å². The predicted molar refractivity (Wildman–Crippen MR) is 119 cm³/mol. The van der Waals surface area contributed by atoms with Crippen molar-refractivity contribution in [3.8, 4) is 11.3 Å². The molecule has 0 spiro atoms. The van der Waals surface area contributed by atoms with Gasteiger partial charge in [0.05, 0.1) is 22.7 Å². The number of carbonyl (C=O) groups is 2. The number of rotatable bonds is 7. The molecule has 3 aromatic rings. The maximum absolute atomic E-state index is 12.6. The summed E-state index contributed by atoms with van der Waals surface area (Å²) in [7, 11) is 0. The minimum atomic E-state index is -0.433. The molecular formula is C21H22N4O3S2. The van der Waals surface area contributed by atoms with Crippen LogP contribution in [-0.4, -0.2) is 38.2 Å². The molecule has 1 atom stereocenters. The van der Waals surface area contributed by atoms with Crippen LogP contribution >= 0.6 is 23.1 Å². The average molecular weight is 443 g/mol. The van der Waals surface area contributed by atoms with E-state index in [1.807, 2.05) is 36.4 Å². The molecule has 1 unspecified atom stereocenters. The van der Waals surface area contributed by atoms with Crippen molar-refractivity contribution in [2.24, 2.45) is 0 Å². The van der Waals surface area contributed by atoms with Gasteiger partial charge in [0.25, 0.3) is 0 Å².